The Morgan fingerprint density at radius 3 is 2.67 bits per heavy atom. The zero-order chi connectivity index (χ0) is 19.4. The number of esters is 1. The molecule has 144 valence electrons. The van der Waals surface area contributed by atoms with Gasteiger partial charge in [-0.25, -0.2) is 17.6 Å². The van der Waals surface area contributed by atoms with Crippen molar-refractivity contribution in [3.63, 3.8) is 0 Å². The van der Waals surface area contributed by atoms with Gasteiger partial charge in [0.05, 0.1) is 23.1 Å². The quantitative estimate of drug-likeness (QED) is 0.791. The number of sulfonamides is 1. The van der Waals surface area contributed by atoms with E-state index in [4.69, 9.17) is 4.74 Å². The molecule has 6 nitrogen and oxygen atoms in total. The summed E-state index contributed by atoms with van der Waals surface area (Å²) in [4.78, 5) is 11.8. The fourth-order valence-electron chi connectivity index (χ4n) is 3.08. The van der Waals surface area contributed by atoms with Crippen LogP contribution >= 0.6 is 0 Å². The Balaban J connectivity index is 1.91. The van der Waals surface area contributed by atoms with Crippen LogP contribution in [0.3, 0.4) is 0 Å². The maximum Gasteiger partial charge on any atom is 0.338 e. The van der Waals surface area contributed by atoms with Crippen molar-refractivity contribution in [3.8, 4) is 0 Å². The number of carbonyl (C=O) groups is 1. The van der Waals surface area contributed by atoms with Gasteiger partial charge in [-0.15, -0.1) is 0 Å². The number of hydrogen-bond donors (Lipinski definition) is 1. The van der Waals surface area contributed by atoms with Gasteiger partial charge in [-0.05, 0) is 48.9 Å². The molecule has 1 N–H and O–H groups in total. The largest absolute Gasteiger partial charge is 0.462 e. The molecule has 27 heavy (non-hydrogen) atoms. The lowest BCUT2D eigenvalue weighted by Crippen LogP contribution is -2.48. The number of nitrogens with zero attached hydrogens (tertiary/aromatic N) is 1. The van der Waals surface area contributed by atoms with Crippen LogP contribution in [0.25, 0.3) is 0 Å². The first kappa shape index (κ1) is 19.5. The molecule has 0 bridgehead atoms. The maximum atomic E-state index is 13.6. The van der Waals surface area contributed by atoms with E-state index in [1.807, 2.05) is 0 Å². The van der Waals surface area contributed by atoms with E-state index in [0.717, 1.165) is 0 Å². The predicted molar refractivity (Wildman–Crippen MR) is 98.3 cm³/mol. The Bertz CT molecular complexity index is 916. The third-order valence-electron chi connectivity index (χ3n) is 4.40. The van der Waals surface area contributed by atoms with Gasteiger partial charge < -0.3 is 10.1 Å². The van der Waals surface area contributed by atoms with Crippen molar-refractivity contribution in [2.45, 2.75) is 17.9 Å². The van der Waals surface area contributed by atoms with Gasteiger partial charge in [-0.2, -0.15) is 4.31 Å². The number of benzene rings is 2. The second-order valence-electron chi connectivity index (χ2n) is 6.14. The van der Waals surface area contributed by atoms with Crippen LogP contribution in [-0.4, -0.2) is 44.9 Å². The molecule has 2 aromatic carbocycles. The lowest BCUT2D eigenvalue weighted by atomic mass is 10.1. The normalized spacial score (nSPS) is 18.2. The second-order valence-corrected chi connectivity index (χ2v) is 8.03. The first-order valence-corrected chi connectivity index (χ1v) is 10.1. The average Bonchev–Trinajstić information content (AvgIpc) is 2.68. The lowest BCUT2D eigenvalue weighted by molar-refractivity contribution is 0.0526. The van der Waals surface area contributed by atoms with E-state index in [2.05, 4.69) is 5.32 Å². The van der Waals surface area contributed by atoms with Crippen LogP contribution < -0.4 is 5.32 Å². The summed E-state index contributed by atoms with van der Waals surface area (Å²) in [6.07, 6.45) is 0. The van der Waals surface area contributed by atoms with Crippen LogP contribution in [0.4, 0.5) is 4.39 Å². The summed E-state index contributed by atoms with van der Waals surface area (Å²) < 4.78 is 46.2. The van der Waals surface area contributed by atoms with Gasteiger partial charge in [0.1, 0.15) is 5.82 Å². The molecule has 8 heteroatoms. The van der Waals surface area contributed by atoms with Crippen LogP contribution in [-0.2, 0) is 14.8 Å². The number of rotatable bonds is 5. The van der Waals surface area contributed by atoms with Gasteiger partial charge in [-0.1, -0.05) is 12.1 Å². The van der Waals surface area contributed by atoms with Crippen LogP contribution in [0.1, 0.15) is 28.9 Å². The summed E-state index contributed by atoms with van der Waals surface area (Å²) >= 11 is 0. The molecule has 3 rings (SSSR count). The van der Waals surface area contributed by atoms with Crippen molar-refractivity contribution in [2.24, 2.45) is 0 Å². The van der Waals surface area contributed by atoms with Gasteiger partial charge in [0.2, 0.25) is 10.0 Å². The van der Waals surface area contributed by atoms with Crippen molar-refractivity contribution in [1.82, 2.24) is 9.62 Å². The smallest absolute Gasteiger partial charge is 0.338 e. The zero-order valence-corrected chi connectivity index (χ0v) is 15.7. The van der Waals surface area contributed by atoms with Crippen LogP contribution in [0.5, 0.6) is 0 Å². The third kappa shape index (κ3) is 4.18. The molecule has 0 radical (unpaired) electrons. The molecule has 1 atom stereocenters. The first-order chi connectivity index (χ1) is 12.9. The summed E-state index contributed by atoms with van der Waals surface area (Å²) in [5.41, 5.74) is 0.881. The number of nitrogens with one attached hydrogen (secondary N) is 1. The number of halogens is 1. The molecule has 0 saturated carbocycles. The minimum atomic E-state index is -3.81. The molecule has 1 saturated heterocycles. The van der Waals surface area contributed by atoms with E-state index in [1.165, 1.54) is 40.7 Å². The highest BCUT2D eigenvalue weighted by molar-refractivity contribution is 7.89. The number of carbonyl (C=O) groups excluding carboxylic acids is 1. The van der Waals surface area contributed by atoms with Crippen molar-refractivity contribution in [3.05, 3.63) is 65.5 Å². The van der Waals surface area contributed by atoms with E-state index in [9.17, 15) is 17.6 Å². The molecule has 1 heterocycles. The second kappa shape index (κ2) is 8.16. The Hall–Kier alpha value is -2.29. The third-order valence-corrected chi connectivity index (χ3v) is 6.32. The molecule has 0 aromatic heterocycles. The van der Waals surface area contributed by atoms with E-state index < -0.39 is 27.9 Å². The monoisotopic (exact) mass is 392 g/mol. The fourth-order valence-corrected chi connectivity index (χ4v) is 4.70. The number of piperazine rings is 1. The van der Waals surface area contributed by atoms with Crippen molar-refractivity contribution < 1.29 is 22.3 Å². The molecule has 1 aliphatic rings. The SMILES string of the molecule is CCOC(=O)c1ccc(S(=O)(=O)N2CCNCC2c2cccc(F)c2)cc1. The van der Waals surface area contributed by atoms with Crippen LogP contribution in [0.2, 0.25) is 0 Å². The Morgan fingerprint density at radius 2 is 2.00 bits per heavy atom. The molecule has 2 aromatic rings. The molecule has 0 amide bonds. The minimum Gasteiger partial charge on any atom is -0.462 e. The van der Waals surface area contributed by atoms with Crippen LogP contribution in [0, 0.1) is 5.82 Å². The van der Waals surface area contributed by atoms with Crippen molar-refractivity contribution >= 4 is 16.0 Å². The molecule has 0 aliphatic carbocycles. The lowest BCUT2D eigenvalue weighted by Gasteiger charge is -2.35. The highest BCUT2D eigenvalue weighted by atomic mass is 32.2. The highest BCUT2D eigenvalue weighted by Crippen LogP contribution is 2.29. The standard InChI is InChI=1S/C19H21FN2O4S/c1-2-26-19(23)14-6-8-17(9-7-14)27(24,25)22-11-10-21-13-18(22)15-4-3-5-16(20)12-15/h3-9,12,18,21H,2,10-11,13H2,1H3. The molecule has 1 aliphatic heterocycles. The van der Waals surface area contributed by atoms with Gasteiger partial charge in [0, 0.05) is 19.6 Å². The Labute approximate surface area is 158 Å². The van der Waals surface area contributed by atoms with E-state index in [0.29, 0.717) is 18.7 Å². The van der Waals surface area contributed by atoms with Gasteiger partial charge >= 0.3 is 5.97 Å². The summed E-state index contributed by atoms with van der Waals surface area (Å²) in [7, 11) is -3.81. The van der Waals surface area contributed by atoms with Crippen LogP contribution in [0.15, 0.2) is 53.4 Å². The summed E-state index contributed by atoms with van der Waals surface area (Å²) in [5, 5.41) is 3.15. The highest BCUT2D eigenvalue weighted by Gasteiger charge is 2.34. The summed E-state index contributed by atoms with van der Waals surface area (Å²) in [6.45, 7) is 3.11. The molecule has 0 spiro atoms. The van der Waals surface area contributed by atoms with E-state index >= 15 is 0 Å². The van der Waals surface area contributed by atoms with E-state index in [1.54, 1.807) is 19.1 Å². The number of hydrogen-bond acceptors (Lipinski definition) is 5. The number of ether oxygens (including phenoxy) is 1. The molecular weight excluding hydrogens is 371 g/mol. The van der Waals surface area contributed by atoms with E-state index in [-0.39, 0.29) is 23.6 Å². The average molecular weight is 392 g/mol. The summed E-state index contributed by atoms with van der Waals surface area (Å²) in [5.74, 6) is -0.907. The topological polar surface area (TPSA) is 75.7 Å². The summed E-state index contributed by atoms with van der Waals surface area (Å²) in [6, 6.07) is 11.1. The predicted octanol–water partition coefficient (Wildman–Crippen LogP) is 2.34. The fraction of sp³-hybridized carbons (Fsp3) is 0.316. The first-order valence-electron chi connectivity index (χ1n) is 8.68. The molecule has 1 fully saturated rings. The Kier molecular flexibility index (Phi) is 5.88. The van der Waals surface area contributed by atoms with Gasteiger partial charge in [-0.3, -0.25) is 0 Å². The van der Waals surface area contributed by atoms with Gasteiger partial charge in [0.15, 0.2) is 0 Å². The maximum absolute atomic E-state index is 13.6. The minimum absolute atomic E-state index is 0.0823. The zero-order valence-electron chi connectivity index (χ0n) is 14.9. The van der Waals surface area contributed by atoms with Crippen molar-refractivity contribution in [1.29, 1.82) is 0 Å². The van der Waals surface area contributed by atoms with Gasteiger partial charge in [0.25, 0.3) is 0 Å². The molecule has 1 unspecified atom stereocenters. The Morgan fingerprint density at radius 1 is 1.26 bits per heavy atom. The molecular formula is C19H21FN2O4S. The van der Waals surface area contributed by atoms with Crippen molar-refractivity contribution in [2.75, 3.05) is 26.2 Å².